The SMILES string of the molecule is CCCNCc1cnc(N(C)c2ccccc2F)c(Cl)c1. The first-order chi connectivity index (χ1) is 10.1. The minimum atomic E-state index is -0.299. The van der Waals surface area contributed by atoms with E-state index < -0.39 is 0 Å². The molecule has 0 aliphatic carbocycles. The van der Waals surface area contributed by atoms with Gasteiger partial charge < -0.3 is 10.2 Å². The van der Waals surface area contributed by atoms with Gasteiger partial charge in [0.2, 0.25) is 0 Å². The number of nitrogens with zero attached hydrogens (tertiary/aromatic N) is 2. The summed E-state index contributed by atoms with van der Waals surface area (Å²) in [5, 5.41) is 3.81. The van der Waals surface area contributed by atoms with E-state index in [0.29, 0.717) is 16.5 Å². The lowest BCUT2D eigenvalue weighted by atomic mass is 10.2. The number of aromatic nitrogens is 1. The lowest BCUT2D eigenvalue weighted by Gasteiger charge is -2.20. The molecule has 1 aromatic carbocycles. The van der Waals surface area contributed by atoms with E-state index in [1.54, 1.807) is 36.3 Å². The first kappa shape index (κ1) is 15.7. The van der Waals surface area contributed by atoms with Crippen molar-refractivity contribution in [2.24, 2.45) is 0 Å². The summed E-state index contributed by atoms with van der Waals surface area (Å²) in [7, 11) is 1.75. The number of hydrogen-bond acceptors (Lipinski definition) is 3. The topological polar surface area (TPSA) is 28.2 Å². The molecule has 1 N–H and O–H groups in total. The number of rotatable bonds is 6. The molecule has 1 heterocycles. The largest absolute Gasteiger partial charge is 0.326 e. The number of hydrogen-bond donors (Lipinski definition) is 1. The smallest absolute Gasteiger partial charge is 0.151 e. The molecular weight excluding hydrogens is 289 g/mol. The molecule has 0 unspecified atom stereocenters. The molecule has 0 radical (unpaired) electrons. The summed E-state index contributed by atoms with van der Waals surface area (Å²) in [6.07, 6.45) is 2.84. The van der Waals surface area contributed by atoms with Crippen LogP contribution in [0.25, 0.3) is 0 Å². The number of halogens is 2. The van der Waals surface area contributed by atoms with Crippen molar-refractivity contribution in [2.75, 3.05) is 18.5 Å². The average Bonchev–Trinajstić information content (AvgIpc) is 2.47. The molecule has 0 spiro atoms. The highest BCUT2D eigenvalue weighted by atomic mass is 35.5. The highest BCUT2D eigenvalue weighted by Gasteiger charge is 2.13. The first-order valence-electron chi connectivity index (χ1n) is 6.97. The number of pyridine rings is 1. The van der Waals surface area contributed by atoms with E-state index in [-0.39, 0.29) is 5.82 Å². The Labute approximate surface area is 129 Å². The third-order valence-electron chi connectivity index (χ3n) is 3.17. The predicted molar refractivity (Wildman–Crippen MR) is 85.7 cm³/mol. The molecule has 5 heteroatoms. The van der Waals surface area contributed by atoms with Gasteiger partial charge in [0.15, 0.2) is 5.82 Å². The molecule has 21 heavy (non-hydrogen) atoms. The normalized spacial score (nSPS) is 10.7. The fraction of sp³-hybridized carbons (Fsp3) is 0.312. The van der Waals surface area contributed by atoms with Crippen molar-refractivity contribution in [3.05, 3.63) is 52.9 Å². The van der Waals surface area contributed by atoms with Crippen molar-refractivity contribution < 1.29 is 4.39 Å². The van der Waals surface area contributed by atoms with Crippen molar-refractivity contribution >= 4 is 23.1 Å². The van der Waals surface area contributed by atoms with Crippen molar-refractivity contribution in [2.45, 2.75) is 19.9 Å². The van der Waals surface area contributed by atoms with E-state index in [1.807, 2.05) is 6.07 Å². The maximum absolute atomic E-state index is 13.8. The monoisotopic (exact) mass is 307 g/mol. The second-order valence-electron chi connectivity index (χ2n) is 4.84. The first-order valence-corrected chi connectivity index (χ1v) is 7.34. The zero-order valence-electron chi connectivity index (χ0n) is 12.2. The zero-order valence-corrected chi connectivity index (χ0v) is 13.0. The van der Waals surface area contributed by atoms with Crippen molar-refractivity contribution in [1.82, 2.24) is 10.3 Å². The van der Waals surface area contributed by atoms with Gasteiger partial charge in [0.1, 0.15) is 5.82 Å². The third kappa shape index (κ3) is 3.93. The van der Waals surface area contributed by atoms with E-state index in [4.69, 9.17) is 11.6 Å². The molecule has 0 amide bonds. The molecule has 0 aliphatic rings. The quantitative estimate of drug-likeness (QED) is 0.813. The van der Waals surface area contributed by atoms with Crippen molar-refractivity contribution in [1.29, 1.82) is 0 Å². The fourth-order valence-corrected chi connectivity index (χ4v) is 2.38. The molecule has 0 fully saturated rings. The van der Waals surface area contributed by atoms with Crippen LogP contribution in [-0.4, -0.2) is 18.6 Å². The Bertz CT molecular complexity index is 604. The standard InChI is InChI=1S/C16H19ClFN3/c1-3-8-19-10-12-9-13(17)16(20-11-12)21(2)15-7-5-4-6-14(15)18/h4-7,9,11,19H,3,8,10H2,1-2H3. The molecule has 0 bridgehead atoms. The summed E-state index contributed by atoms with van der Waals surface area (Å²) >= 11 is 6.28. The van der Waals surface area contributed by atoms with Crippen LogP contribution in [0.4, 0.5) is 15.9 Å². The lowest BCUT2D eigenvalue weighted by molar-refractivity contribution is 0.627. The van der Waals surface area contributed by atoms with Gasteiger partial charge in [0, 0.05) is 19.8 Å². The summed E-state index contributed by atoms with van der Waals surface area (Å²) in [6, 6.07) is 8.42. The van der Waals surface area contributed by atoms with Crippen LogP contribution in [0.5, 0.6) is 0 Å². The Morgan fingerprint density at radius 2 is 2.10 bits per heavy atom. The second kappa shape index (κ2) is 7.38. The van der Waals surface area contributed by atoms with Gasteiger partial charge in [-0.2, -0.15) is 0 Å². The van der Waals surface area contributed by atoms with E-state index >= 15 is 0 Å². The minimum Gasteiger partial charge on any atom is -0.326 e. The Morgan fingerprint density at radius 3 is 2.76 bits per heavy atom. The molecular formula is C16H19ClFN3. The highest BCUT2D eigenvalue weighted by molar-refractivity contribution is 6.33. The van der Waals surface area contributed by atoms with Crippen LogP contribution in [0.3, 0.4) is 0 Å². The molecule has 3 nitrogen and oxygen atoms in total. The number of benzene rings is 1. The second-order valence-corrected chi connectivity index (χ2v) is 5.24. The maximum Gasteiger partial charge on any atom is 0.151 e. The number of nitrogens with one attached hydrogen (secondary N) is 1. The van der Waals surface area contributed by atoms with E-state index in [0.717, 1.165) is 25.1 Å². The highest BCUT2D eigenvalue weighted by Crippen LogP contribution is 2.30. The van der Waals surface area contributed by atoms with Gasteiger partial charge in [0.05, 0.1) is 10.7 Å². The van der Waals surface area contributed by atoms with E-state index in [2.05, 4.69) is 17.2 Å². The van der Waals surface area contributed by atoms with Gasteiger partial charge in [-0.15, -0.1) is 0 Å². The Balaban J connectivity index is 2.19. The molecule has 0 atom stereocenters. The third-order valence-corrected chi connectivity index (χ3v) is 3.44. The van der Waals surface area contributed by atoms with Crippen LogP contribution in [0.15, 0.2) is 36.5 Å². The molecule has 112 valence electrons. The van der Waals surface area contributed by atoms with Crippen LogP contribution >= 0.6 is 11.6 Å². The van der Waals surface area contributed by atoms with Gasteiger partial charge >= 0.3 is 0 Å². The summed E-state index contributed by atoms with van der Waals surface area (Å²) in [5.74, 6) is 0.243. The summed E-state index contributed by atoms with van der Waals surface area (Å²) in [4.78, 5) is 6.02. The summed E-state index contributed by atoms with van der Waals surface area (Å²) < 4.78 is 13.8. The summed E-state index contributed by atoms with van der Waals surface area (Å²) in [5.41, 5.74) is 1.46. The van der Waals surface area contributed by atoms with Crippen LogP contribution in [0.1, 0.15) is 18.9 Å². The molecule has 0 aliphatic heterocycles. The molecule has 2 aromatic rings. The predicted octanol–water partition coefficient (Wildman–Crippen LogP) is 4.14. The molecule has 2 rings (SSSR count). The molecule has 0 saturated carbocycles. The Hall–Kier alpha value is -1.65. The zero-order chi connectivity index (χ0) is 15.2. The van der Waals surface area contributed by atoms with Crippen LogP contribution in [-0.2, 0) is 6.54 Å². The lowest BCUT2D eigenvalue weighted by Crippen LogP contribution is -2.16. The van der Waals surface area contributed by atoms with Crippen molar-refractivity contribution in [3.8, 4) is 0 Å². The van der Waals surface area contributed by atoms with Crippen LogP contribution in [0.2, 0.25) is 5.02 Å². The molecule has 1 aromatic heterocycles. The van der Waals surface area contributed by atoms with Crippen LogP contribution < -0.4 is 10.2 Å². The number of anilines is 2. The molecule has 0 saturated heterocycles. The van der Waals surface area contributed by atoms with Gasteiger partial charge in [-0.3, -0.25) is 0 Å². The van der Waals surface area contributed by atoms with Gasteiger partial charge in [-0.25, -0.2) is 9.37 Å². The average molecular weight is 308 g/mol. The van der Waals surface area contributed by atoms with E-state index in [9.17, 15) is 4.39 Å². The summed E-state index contributed by atoms with van der Waals surface area (Å²) in [6.45, 7) is 3.80. The minimum absolute atomic E-state index is 0.299. The number of para-hydroxylation sites is 1. The van der Waals surface area contributed by atoms with Crippen molar-refractivity contribution in [3.63, 3.8) is 0 Å². The maximum atomic E-state index is 13.8. The van der Waals surface area contributed by atoms with E-state index in [1.165, 1.54) is 6.07 Å². The van der Waals surface area contributed by atoms with Gasteiger partial charge in [-0.05, 0) is 36.7 Å². The fourth-order valence-electron chi connectivity index (χ4n) is 2.06. The Morgan fingerprint density at radius 1 is 1.33 bits per heavy atom. The van der Waals surface area contributed by atoms with Crippen LogP contribution in [0, 0.1) is 5.82 Å². The Kier molecular flexibility index (Phi) is 5.53. The van der Waals surface area contributed by atoms with Gasteiger partial charge in [0.25, 0.3) is 0 Å². The van der Waals surface area contributed by atoms with Gasteiger partial charge in [-0.1, -0.05) is 30.7 Å².